The van der Waals surface area contributed by atoms with E-state index < -0.39 is 0 Å². The highest BCUT2D eigenvalue weighted by Gasteiger charge is 2.12. The molecule has 8 heteroatoms. The van der Waals surface area contributed by atoms with E-state index in [0.29, 0.717) is 24.5 Å². The predicted molar refractivity (Wildman–Crippen MR) is 89.3 cm³/mol. The maximum absolute atomic E-state index is 5.40. The Morgan fingerprint density at radius 3 is 2.76 bits per heavy atom. The van der Waals surface area contributed by atoms with Gasteiger partial charge in [0.05, 0.1) is 13.2 Å². The van der Waals surface area contributed by atoms with Gasteiger partial charge in [-0.2, -0.15) is 15.0 Å². The van der Waals surface area contributed by atoms with Gasteiger partial charge < -0.3 is 15.0 Å². The summed E-state index contributed by atoms with van der Waals surface area (Å²) in [4.78, 5) is 16.2. The van der Waals surface area contributed by atoms with Crippen LogP contribution in [0, 0.1) is 0 Å². The van der Waals surface area contributed by atoms with Gasteiger partial charge in [-0.25, -0.2) is 0 Å². The van der Waals surface area contributed by atoms with Gasteiger partial charge in [-0.15, -0.1) is 11.3 Å². The van der Waals surface area contributed by atoms with Crippen molar-refractivity contribution in [1.82, 2.24) is 15.0 Å². The number of halogens is 1. The second kappa shape index (κ2) is 7.56. The highest BCUT2D eigenvalue weighted by Crippen LogP contribution is 2.23. The third kappa shape index (κ3) is 4.53. The lowest BCUT2D eigenvalue weighted by molar-refractivity contribution is 0.312. The molecule has 2 aromatic heterocycles. The van der Waals surface area contributed by atoms with E-state index in [2.05, 4.69) is 47.6 Å². The summed E-state index contributed by atoms with van der Waals surface area (Å²) in [5.74, 6) is 1.12. The fourth-order valence-corrected chi connectivity index (χ4v) is 3.19. The molecule has 0 aliphatic carbocycles. The summed E-state index contributed by atoms with van der Waals surface area (Å²) in [6.45, 7) is 5.91. The number of hydrogen-bond donors (Lipinski definition) is 1. The van der Waals surface area contributed by atoms with E-state index in [9.17, 15) is 0 Å². The zero-order chi connectivity index (χ0) is 15.2. The molecule has 0 radical (unpaired) electrons. The Hall–Kier alpha value is -1.41. The van der Waals surface area contributed by atoms with Gasteiger partial charge in [0, 0.05) is 28.3 Å². The van der Waals surface area contributed by atoms with Crippen LogP contribution in [0.2, 0.25) is 0 Å². The molecule has 0 fully saturated rings. The average Bonchev–Trinajstić information content (AvgIpc) is 2.84. The first-order valence-electron chi connectivity index (χ1n) is 6.69. The van der Waals surface area contributed by atoms with Gasteiger partial charge in [-0.1, -0.05) is 0 Å². The molecule has 0 aliphatic heterocycles. The number of ether oxygens (including phenoxy) is 1. The van der Waals surface area contributed by atoms with Crippen LogP contribution in [0.5, 0.6) is 6.01 Å². The van der Waals surface area contributed by atoms with Crippen molar-refractivity contribution in [1.29, 1.82) is 0 Å². The molecule has 6 nitrogen and oxygen atoms in total. The first kappa shape index (κ1) is 16.0. The third-order valence-electron chi connectivity index (χ3n) is 2.57. The van der Waals surface area contributed by atoms with Crippen molar-refractivity contribution >= 4 is 39.2 Å². The van der Waals surface area contributed by atoms with Crippen molar-refractivity contribution < 1.29 is 4.74 Å². The van der Waals surface area contributed by atoms with Crippen molar-refractivity contribution in [2.45, 2.75) is 20.4 Å². The first-order valence-corrected chi connectivity index (χ1v) is 8.36. The maximum atomic E-state index is 5.40. The van der Waals surface area contributed by atoms with Crippen LogP contribution in [0.4, 0.5) is 11.9 Å². The van der Waals surface area contributed by atoms with E-state index in [4.69, 9.17) is 4.74 Å². The Morgan fingerprint density at radius 1 is 1.33 bits per heavy atom. The Bertz CT molecular complexity index is 567. The molecule has 0 saturated heterocycles. The molecule has 21 heavy (non-hydrogen) atoms. The van der Waals surface area contributed by atoms with Crippen molar-refractivity contribution in [2.24, 2.45) is 0 Å². The molecule has 0 atom stereocenters. The summed E-state index contributed by atoms with van der Waals surface area (Å²) in [6.07, 6.45) is 0. The molecule has 0 amide bonds. The molecule has 0 unspecified atom stereocenters. The summed E-state index contributed by atoms with van der Waals surface area (Å²) < 4.78 is 6.50. The third-order valence-corrected chi connectivity index (χ3v) is 4.25. The standard InChI is InChI=1S/C13H18BrN5OS/c1-4-15-11-16-12(18-13(17-11)20-5-2)19(3)7-10-6-9(14)8-21-10/h6,8H,4-5,7H2,1-3H3,(H,15,16,17,18). The topological polar surface area (TPSA) is 63.2 Å². The highest BCUT2D eigenvalue weighted by atomic mass is 79.9. The quantitative estimate of drug-likeness (QED) is 0.806. The van der Waals surface area contributed by atoms with Crippen LogP contribution in [0.1, 0.15) is 18.7 Å². The Balaban J connectivity index is 2.19. The van der Waals surface area contributed by atoms with E-state index in [1.807, 2.05) is 25.8 Å². The first-order chi connectivity index (χ1) is 10.1. The molecule has 1 N–H and O–H groups in total. The van der Waals surface area contributed by atoms with Gasteiger partial charge in [0.15, 0.2) is 0 Å². The minimum Gasteiger partial charge on any atom is -0.464 e. The molecule has 0 spiro atoms. The molecule has 0 aromatic carbocycles. The lowest BCUT2D eigenvalue weighted by Crippen LogP contribution is -2.20. The van der Waals surface area contributed by atoms with E-state index in [0.717, 1.165) is 17.6 Å². The molecule has 2 aromatic rings. The van der Waals surface area contributed by atoms with Gasteiger partial charge in [0.1, 0.15) is 0 Å². The number of hydrogen-bond acceptors (Lipinski definition) is 7. The van der Waals surface area contributed by atoms with Gasteiger partial charge in [0.25, 0.3) is 0 Å². The molecule has 0 aliphatic rings. The normalized spacial score (nSPS) is 10.5. The van der Waals surface area contributed by atoms with Gasteiger partial charge in [-0.05, 0) is 35.8 Å². The second-order valence-corrected chi connectivity index (χ2v) is 6.20. The molecule has 2 heterocycles. The zero-order valence-electron chi connectivity index (χ0n) is 12.3. The number of aromatic nitrogens is 3. The van der Waals surface area contributed by atoms with Crippen molar-refractivity contribution in [3.05, 3.63) is 20.8 Å². The summed E-state index contributed by atoms with van der Waals surface area (Å²) in [5, 5.41) is 5.16. The van der Waals surface area contributed by atoms with E-state index in [-0.39, 0.29) is 0 Å². The predicted octanol–water partition coefficient (Wildman–Crippen LogP) is 3.16. The molecule has 0 saturated carbocycles. The maximum Gasteiger partial charge on any atom is 0.323 e. The fraction of sp³-hybridized carbons (Fsp3) is 0.462. The van der Waals surface area contributed by atoms with Gasteiger partial charge in [-0.3, -0.25) is 0 Å². The van der Waals surface area contributed by atoms with Crippen LogP contribution in [-0.4, -0.2) is 35.2 Å². The summed E-state index contributed by atoms with van der Waals surface area (Å²) in [5.41, 5.74) is 0. The Morgan fingerprint density at radius 2 is 2.14 bits per heavy atom. The van der Waals surface area contributed by atoms with Crippen LogP contribution >= 0.6 is 27.3 Å². The lowest BCUT2D eigenvalue weighted by atomic mass is 10.4. The molecule has 114 valence electrons. The largest absolute Gasteiger partial charge is 0.464 e. The number of nitrogens with one attached hydrogen (secondary N) is 1. The molecular weight excluding hydrogens is 354 g/mol. The zero-order valence-corrected chi connectivity index (χ0v) is 14.7. The van der Waals surface area contributed by atoms with E-state index in [1.165, 1.54) is 4.88 Å². The van der Waals surface area contributed by atoms with Crippen LogP contribution in [0.15, 0.2) is 15.9 Å². The fourth-order valence-electron chi connectivity index (χ4n) is 1.69. The highest BCUT2D eigenvalue weighted by molar-refractivity contribution is 9.10. The number of anilines is 2. The minimum absolute atomic E-state index is 0.345. The summed E-state index contributed by atoms with van der Waals surface area (Å²) in [6, 6.07) is 2.44. The van der Waals surface area contributed by atoms with Crippen molar-refractivity contribution in [2.75, 3.05) is 30.4 Å². The average molecular weight is 372 g/mol. The monoisotopic (exact) mass is 371 g/mol. The molecule has 0 bridgehead atoms. The SMILES string of the molecule is CCNc1nc(OCC)nc(N(C)Cc2cc(Br)cs2)n1. The van der Waals surface area contributed by atoms with Crippen molar-refractivity contribution in [3.8, 4) is 6.01 Å². The number of nitrogens with zero attached hydrogens (tertiary/aromatic N) is 4. The number of rotatable bonds is 7. The van der Waals surface area contributed by atoms with Crippen LogP contribution in [0.25, 0.3) is 0 Å². The van der Waals surface area contributed by atoms with Crippen molar-refractivity contribution in [3.63, 3.8) is 0 Å². The van der Waals surface area contributed by atoms with E-state index in [1.54, 1.807) is 11.3 Å². The smallest absolute Gasteiger partial charge is 0.323 e. The second-order valence-electron chi connectivity index (χ2n) is 4.29. The van der Waals surface area contributed by atoms with Gasteiger partial charge in [0.2, 0.25) is 11.9 Å². The Kier molecular flexibility index (Phi) is 5.75. The summed E-state index contributed by atoms with van der Waals surface area (Å²) in [7, 11) is 1.95. The van der Waals surface area contributed by atoms with E-state index >= 15 is 0 Å². The minimum atomic E-state index is 0.345. The number of thiophene rings is 1. The van der Waals surface area contributed by atoms with Crippen LogP contribution in [-0.2, 0) is 6.54 Å². The summed E-state index contributed by atoms with van der Waals surface area (Å²) >= 11 is 5.16. The van der Waals surface area contributed by atoms with Crippen LogP contribution < -0.4 is 15.0 Å². The molecular formula is C13H18BrN5OS. The van der Waals surface area contributed by atoms with Crippen LogP contribution in [0.3, 0.4) is 0 Å². The van der Waals surface area contributed by atoms with Gasteiger partial charge >= 0.3 is 6.01 Å². The molecule has 2 rings (SSSR count). The Labute approximate surface area is 136 Å². The lowest BCUT2D eigenvalue weighted by Gasteiger charge is -2.17.